The SMILES string of the molecule is O=S(=O)(N1CCNCC1)N1CCC(N2CCCCC2)CC1. The second kappa shape index (κ2) is 6.91. The van der Waals surface area contributed by atoms with Crippen LogP contribution in [0, 0.1) is 0 Å². The molecule has 3 aliphatic heterocycles. The van der Waals surface area contributed by atoms with Crippen LogP contribution < -0.4 is 5.32 Å². The lowest BCUT2D eigenvalue weighted by molar-refractivity contribution is 0.115. The molecule has 0 amide bonds. The average Bonchev–Trinajstić information content (AvgIpc) is 2.57. The Morgan fingerprint density at radius 1 is 0.762 bits per heavy atom. The zero-order chi connectivity index (χ0) is 14.7. The van der Waals surface area contributed by atoms with Gasteiger partial charge in [-0.05, 0) is 38.8 Å². The molecule has 0 saturated carbocycles. The van der Waals surface area contributed by atoms with Crippen molar-refractivity contribution < 1.29 is 8.42 Å². The molecule has 3 fully saturated rings. The molecule has 0 aromatic heterocycles. The first-order chi connectivity index (χ1) is 10.2. The molecule has 3 aliphatic rings. The van der Waals surface area contributed by atoms with Crippen LogP contribution in [0.15, 0.2) is 0 Å². The minimum Gasteiger partial charge on any atom is -0.314 e. The fraction of sp³-hybridized carbons (Fsp3) is 1.00. The summed E-state index contributed by atoms with van der Waals surface area (Å²) in [6, 6.07) is 0.597. The summed E-state index contributed by atoms with van der Waals surface area (Å²) >= 11 is 0. The summed E-state index contributed by atoms with van der Waals surface area (Å²) < 4.78 is 28.6. The second-order valence-corrected chi connectivity index (χ2v) is 8.31. The molecule has 3 heterocycles. The van der Waals surface area contributed by atoms with Crippen molar-refractivity contribution in [3.63, 3.8) is 0 Å². The highest BCUT2D eigenvalue weighted by Gasteiger charge is 2.34. The van der Waals surface area contributed by atoms with E-state index in [1.165, 1.54) is 32.4 Å². The van der Waals surface area contributed by atoms with Crippen LogP contribution in [0.5, 0.6) is 0 Å². The van der Waals surface area contributed by atoms with Crippen molar-refractivity contribution in [3.8, 4) is 0 Å². The summed E-state index contributed by atoms with van der Waals surface area (Å²) in [6.45, 7) is 6.53. The van der Waals surface area contributed by atoms with Gasteiger partial charge in [-0.2, -0.15) is 17.0 Å². The van der Waals surface area contributed by atoms with Gasteiger partial charge in [0.15, 0.2) is 0 Å². The van der Waals surface area contributed by atoms with E-state index in [0.29, 0.717) is 32.2 Å². The molecule has 0 unspecified atom stereocenters. The fourth-order valence-electron chi connectivity index (χ4n) is 3.76. The van der Waals surface area contributed by atoms with E-state index in [2.05, 4.69) is 10.2 Å². The van der Waals surface area contributed by atoms with Crippen LogP contribution in [0.1, 0.15) is 32.1 Å². The molecule has 0 bridgehead atoms. The first-order valence-corrected chi connectivity index (χ1v) is 9.77. The summed E-state index contributed by atoms with van der Waals surface area (Å²) in [5.74, 6) is 0. The fourth-order valence-corrected chi connectivity index (χ4v) is 5.40. The average molecular weight is 316 g/mol. The van der Waals surface area contributed by atoms with E-state index in [4.69, 9.17) is 0 Å². The Hall–Kier alpha value is -0.210. The number of rotatable bonds is 3. The summed E-state index contributed by atoms with van der Waals surface area (Å²) in [7, 11) is -3.23. The molecule has 0 aromatic carbocycles. The molecular formula is C14H28N4O2S. The quantitative estimate of drug-likeness (QED) is 0.802. The molecule has 3 rings (SSSR count). The molecule has 7 heteroatoms. The molecule has 0 atom stereocenters. The Balaban J connectivity index is 1.54. The molecule has 1 N–H and O–H groups in total. The molecule has 0 spiro atoms. The van der Waals surface area contributed by atoms with Crippen LogP contribution in [0.4, 0.5) is 0 Å². The Morgan fingerprint density at radius 2 is 1.33 bits per heavy atom. The number of piperazine rings is 1. The van der Waals surface area contributed by atoms with Crippen LogP contribution in [-0.4, -0.2) is 80.3 Å². The first-order valence-electron chi connectivity index (χ1n) is 8.38. The largest absolute Gasteiger partial charge is 0.314 e. The Morgan fingerprint density at radius 3 is 1.95 bits per heavy atom. The maximum atomic E-state index is 12.6. The van der Waals surface area contributed by atoms with Gasteiger partial charge in [0, 0.05) is 45.3 Å². The lowest BCUT2D eigenvalue weighted by atomic mass is 10.0. The highest BCUT2D eigenvalue weighted by Crippen LogP contribution is 2.23. The number of hydrogen-bond donors (Lipinski definition) is 1. The topological polar surface area (TPSA) is 55.9 Å². The van der Waals surface area contributed by atoms with Gasteiger partial charge < -0.3 is 10.2 Å². The highest BCUT2D eigenvalue weighted by atomic mass is 32.2. The van der Waals surface area contributed by atoms with Crippen molar-refractivity contribution in [1.82, 2.24) is 18.8 Å². The molecule has 6 nitrogen and oxygen atoms in total. The van der Waals surface area contributed by atoms with Gasteiger partial charge in [0.25, 0.3) is 10.2 Å². The van der Waals surface area contributed by atoms with Crippen molar-refractivity contribution in [3.05, 3.63) is 0 Å². The van der Waals surface area contributed by atoms with Gasteiger partial charge in [0.05, 0.1) is 0 Å². The van der Waals surface area contributed by atoms with Crippen molar-refractivity contribution in [2.45, 2.75) is 38.1 Å². The molecule has 122 valence electrons. The maximum Gasteiger partial charge on any atom is 0.282 e. The number of piperidine rings is 2. The van der Waals surface area contributed by atoms with Gasteiger partial charge in [-0.15, -0.1) is 0 Å². The number of nitrogens with zero attached hydrogens (tertiary/aromatic N) is 3. The van der Waals surface area contributed by atoms with Crippen LogP contribution in [0.3, 0.4) is 0 Å². The summed E-state index contributed by atoms with van der Waals surface area (Å²) in [5, 5.41) is 3.21. The van der Waals surface area contributed by atoms with Crippen molar-refractivity contribution >= 4 is 10.2 Å². The Labute approximate surface area is 128 Å². The van der Waals surface area contributed by atoms with E-state index in [1.54, 1.807) is 8.61 Å². The van der Waals surface area contributed by atoms with Crippen LogP contribution in [-0.2, 0) is 10.2 Å². The van der Waals surface area contributed by atoms with Crippen molar-refractivity contribution in [2.75, 3.05) is 52.4 Å². The van der Waals surface area contributed by atoms with Crippen molar-refractivity contribution in [2.24, 2.45) is 0 Å². The third-order valence-corrected chi connectivity index (χ3v) is 7.09. The van der Waals surface area contributed by atoms with Crippen LogP contribution >= 0.6 is 0 Å². The van der Waals surface area contributed by atoms with Gasteiger partial charge >= 0.3 is 0 Å². The minimum absolute atomic E-state index is 0.597. The van der Waals surface area contributed by atoms with E-state index >= 15 is 0 Å². The van der Waals surface area contributed by atoms with Crippen LogP contribution in [0.2, 0.25) is 0 Å². The number of nitrogens with one attached hydrogen (secondary N) is 1. The van der Waals surface area contributed by atoms with Gasteiger partial charge in [-0.3, -0.25) is 0 Å². The van der Waals surface area contributed by atoms with Gasteiger partial charge in [-0.1, -0.05) is 6.42 Å². The zero-order valence-electron chi connectivity index (χ0n) is 12.8. The summed E-state index contributed by atoms with van der Waals surface area (Å²) in [6.07, 6.45) is 5.95. The van der Waals surface area contributed by atoms with Gasteiger partial charge in [-0.25, -0.2) is 0 Å². The molecule has 0 aliphatic carbocycles. The lowest BCUT2D eigenvalue weighted by Crippen LogP contribution is -2.55. The molecule has 0 radical (unpaired) electrons. The Kier molecular flexibility index (Phi) is 5.16. The third-order valence-electron chi connectivity index (χ3n) is 5.06. The van der Waals surface area contributed by atoms with Gasteiger partial charge in [0.1, 0.15) is 0 Å². The molecule has 0 aromatic rings. The van der Waals surface area contributed by atoms with Gasteiger partial charge in [0.2, 0.25) is 0 Å². The first kappa shape index (κ1) is 15.7. The monoisotopic (exact) mass is 316 g/mol. The lowest BCUT2D eigenvalue weighted by Gasteiger charge is -2.41. The van der Waals surface area contributed by atoms with E-state index in [1.807, 2.05) is 0 Å². The predicted molar refractivity (Wildman–Crippen MR) is 83.4 cm³/mol. The number of hydrogen-bond acceptors (Lipinski definition) is 4. The smallest absolute Gasteiger partial charge is 0.282 e. The number of likely N-dealkylation sites (tertiary alicyclic amines) is 1. The van der Waals surface area contributed by atoms with E-state index in [0.717, 1.165) is 25.9 Å². The van der Waals surface area contributed by atoms with Crippen molar-refractivity contribution in [1.29, 1.82) is 0 Å². The van der Waals surface area contributed by atoms with E-state index in [9.17, 15) is 8.42 Å². The minimum atomic E-state index is -3.23. The third kappa shape index (κ3) is 3.59. The Bertz CT molecular complexity index is 422. The maximum absolute atomic E-state index is 12.6. The van der Waals surface area contributed by atoms with E-state index < -0.39 is 10.2 Å². The summed E-state index contributed by atoms with van der Waals surface area (Å²) in [5.41, 5.74) is 0. The predicted octanol–water partition coefficient (Wildman–Crippen LogP) is 0.0867. The standard InChI is InChI=1S/C14H28N4O2S/c19-21(20,18-12-6-15-7-13-18)17-10-4-14(5-11-17)16-8-2-1-3-9-16/h14-15H,1-13H2. The molecule has 21 heavy (non-hydrogen) atoms. The molecular weight excluding hydrogens is 288 g/mol. The van der Waals surface area contributed by atoms with Crippen LogP contribution in [0.25, 0.3) is 0 Å². The normalized spacial score (nSPS) is 28.8. The second-order valence-electron chi connectivity index (χ2n) is 6.38. The molecule has 3 saturated heterocycles. The van der Waals surface area contributed by atoms with E-state index in [-0.39, 0.29) is 0 Å². The zero-order valence-corrected chi connectivity index (χ0v) is 13.7. The highest BCUT2D eigenvalue weighted by molar-refractivity contribution is 7.86. The summed E-state index contributed by atoms with van der Waals surface area (Å²) in [4.78, 5) is 2.58.